The fraction of sp³-hybridized carbons (Fsp3) is 0.200. The lowest BCUT2D eigenvalue weighted by atomic mass is 10.1. The highest BCUT2D eigenvalue weighted by atomic mass is 35.5. The van der Waals surface area contributed by atoms with Crippen LogP contribution < -0.4 is 0 Å². The highest BCUT2D eigenvalue weighted by Gasteiger charge is 2.16. The zero-order valence-corrected chi connectivity index (χ0v) is 17.0. The first-order valence-corrected chi connectivity index (χ1v) is 9.99. The third-order valence-electron chi connectivity index (χ3n) is 4.35. The van der Waals surface area contributed by atoms with Crippen molar-refractivity contribution in [1.82, 2.24) is 20.1 Å². The van der Waals surface area contributed by atoms with E-state index in [1.807, 2.05) is 36.5 Å². The number of aliphatic imine (C=N–C) groups is 1. The number of amides is 1. The minimum atomic E-state index is -0.111. The topological polar surface area (TPSA) is 74.2 Å². The van der Waals surface area contributed by atoms with Crippen molar-refractivity contribution in [2.75, 3.05) is 14.1 Å². The molecule has 0 saturated carbocycles. The molecular formula is C20H18ClN5OS. The largest absolute Gasteiger partial charge is 0.343 e. The summed E-state index contributed by atoms with van der Waals surface area (Å²) in [5, 5.41) is 9.02. The summed E-state index contributed by atoms with van der Waals surface area (Å²) in [5.41, 5.74) is 3.16. The van der Waals surface area contributed by atoms with Gasteiger partial charge in [0.1, 0.15) is 11.1 Å². The molecule has 0 aliphatic carbocycles. The number of nitrogens with zero attached hydrogens (tertiary/aromatic N) is 4. The van der Waals surface area contributed by atoms with Gasteiger partial charge in [-0.15, -0.1) is 0 Å². The van der Waals surface area contributed by atoms with Crippen LogP contribution in [0.25, 0.3) is 22.2 Å². The quantitative estimate of drug-likeness (QED) is 0.692. The number of rotatable bonds is 4. The lowest BCUT2D eigenvalue weighted by molar-refractivity contribution is 0.0822. The van der Waals surface area contributed by atoms with Crippen molar-refractivity contribution < 1.29 is 4.79 Å². The summed E-state index contributed by atoms with van der Waals surface area (Å²) in [6.07, 6.45) is 6.27. The summed E-state index contributed by atoms with van der Waals surface area (Å²) in [7, 11) is 3.43. The number of aromatic amines is 1. The van der Waals surface area contributed by atoms with E-state index in [0.717, 1.165) is 33.5 Å². The molecule has 2 aromatic heterocycles. The highest BCUT2D eigenvalue weighted by molar-refractivity contribution is 8.00. The lowest BCUT2D eigenvalue weighted by Crippen LogP contribution is -2.22. The van der Waals surface area contributed by atoms with Crippen molar-refractivity contribution in [3.8, 4) is 11.3 Å². The summed E-state index contributed by atoms with van der Waals surface area (Å²) in [4.78, 5) is 23.6. The Morgan fingerprint density at radius 3 is 2.89 bits per heavy atom. The number of fused-ring (bicyclic) bond motifs is 1. The minimum Gasteiger partial charge on any atom is -0.343 e. The van der Waals surface area contributed by atoms with E-state index in [4.69, 9.17) is 11.6 Å². The minimum absolute atomic E-state index is 0.0839. The Hall–Kier alpha value is -2.64. The monoisotopic (exact) mass is 411 g/mol. The van der Waals surface area contributed by atoms with Crippen LogP contribution in [0.3, 0.4) is 0 Å². The maximum Gasteiger partial charge on any atom is 0.271 e. The molecule has 0 saturated heterocycles. The van der Waals surface area contributed by atoms with Crippen LogP contribution in [0.1, 0.15) is 16.9 Å². The predicted octanol–water partition coefficient (Wildman–Crippen LogP) is 4.34. The van der Waals surface area contributed by atoms with Crippen molar-refractivity contribution >= 4 is 46.4 Å². The van der Waals surface area contributed by atoms with E-state index in [1.165, 1.54) is 4.90 Å². The van der Waals surface area contributed by atoms with E-state index >= 15 is 0 Å². The van der Waals surface area contributed by atoms with E-state index in [-0.39, 0.29) is 11.3 Å². The van der Waals surface area contributed by atoms with Crippen LogP contribution in [-0.4, -0.2) is 51.7 Å². The Morgan fingerprint density at radius 2 is 2.14 bits per heavy atom. The first kappa shape index (κ1) is 18.7. The van der Waals surface area contributed by atoms with Gasteiger partial charge in [-0.05, 0) is 24.6 Å². The normalized spacial score (nSPS) is 16.2. The number of hydrogen-bond donors (Lipinski definition) is 1. The van der Waals surface area contributed by atoms with Crippen LogP contribution in [0.2, 0.25) is 0 Å². The molecule has 1 amide bonds. The second-order valence-electron chi connectivity index (χ2n) is 6.59. The highest BCUT2D eigenvalue weighted by Crippen LogP contribution is 2.35. The maximum absolute atomic E-state index is 12.1. The van der Waals surface area contributed by atoms with Gasteiger partial charge in [-0.3, -0.25) is 14.9 Å². The van der Waals surface area contributed by atoms with Crippen LogP contribution in [0.5, 0.6) is 0 Å². The average Bonchev–Trinajstić information content (AvgIpc) is 3.16. The number of aromatic nitrogens is 3. The Kier molecular flexibility index (Phi) is 5.19. The second-order valence-corrected chi connectivity index (χ2v) is 8.24. The number of allylic oxidation sites excluding steroid dienone is 1. The molecule has 0 spiro atoms. The molecule has 0 radical (unpaired) electrons. The molecule has 3 aromatic rings. The second kappa shape index (κ2) is 7.77. The van der Waals surface area contributed by atoms with Crippen LogP contribution in [-0.2, 0) is 0 Å². The number of carbonyl (C=O) groups is 1. The molecule has 142 valence electrons. The van der Waals surface area contributed by atoms with Crippen LogP contribution in [0, 0.1) is 0 Å². The number of nitrogens with one attached hydrogen (secondary N) is 1. The number of H-pyrrole nitrogens is 1. The van der Waals surface area contributed by atoms with E-state index in [9.17, 15) is 4.79 Å². The van der Waals surface area contributed by atoms with Gasteiger partial charge in [-0.2, -0.15) is 5.10 Å². The number of dihydropyridines is 1. The van der Waals surface area contributed by atoms with Gasteiger partial charge >= 0.3 is 0 Å². The van der Waals surface area contributed by atoms with Crippen LogP contribution in [0.4, 0.5) is 0 Å². The van der Waals surface area contributed by atoms with Gasteiger partial charge < -0.3 is 4.90 Å². The molecule has 3 heterocycles. The molecule has 0 fully saturated rings. The first-order chi connectivity index (χ1) is 13.5. The van der Waals surface area contributed by atoms with Gasteiger partial charge in [0, 0.05) is 31.3 Å². The molecule has 1 unspecified atom stereocenters. The van der Waals surface area contributed by atoms with Crippen LogP contribution in [0.15, 0.2) is 57.5 Å². The van der Waals surface area contributed by atoms with Crippen molar-refractivity contribution in [3.63, 3.8) is 0 Å². The van der Waals surface area contributed by atoms with E-state index < -0.39 is 0 Å². The molecule has 1 N–H and O–H groups in total. The van der Waals surface area contributed by atoms with Crippen molar-refractivity contribution in [3.05, 3.63) is 53.3 Å². The van der Waals surface area contributed by atoms with Gasteiger partial charge in [0.15, 0.2) is 0 Å². The summed E-state index contributed by atoms with van der Waals surface area (Å²) >= 11 is 7.60. The van der Waals surface area contributed by atoms with Gasteiger partial charge in [-0.1, -0.05) is 41.6 Å². The molecule has 8 heteroatoms. The molecule has 1 aromatic carbocycles. The van der Waals surface area contributed by atoms with E-state index in [2.05, 4.69) is 20.2 Å². The Labute approximate surface area is 171 Å². The number of halogens is 1. The summed E-state index contributed by atoms with van der Waals surface area (Å²) < 4.78 is 0. The molecule has 1 atom stereocenters. The van der Waals surface area contributed by atoms with Gasteiger partial charge in [0.05, 0.1) is 27.3 Å². The first-order valence-electron chi connectivity index (χ1n) is 8.73. The van der Waals surface area contributed by atoms with E-state index in [1.54, 1.807) is 38.1 Å². The standard InChI is InChI=1S/C20H18ClN5OS/c1-26(2)20(27)16-7-3-12-9-13(4-6-15(12)24-16)19-17(11-23-25-19)28-18-8-5-14(21)10-22-18/h3-7,9-11,18H,8H2,1-2H3,(H,23,25). The zero-order chi connectivity index (χ0) is 19.7. The fourth-order valence-corrected chi connectivity index (χ4v) is 4.05. The Morgan fingerprint density at radius 1 is 1.29 bits per heavy atom. The predicted molar refractivity (Wildman–Crippen MR) is 114 cm³/mol. The lowest BCUT2D eigenvalue weighted by Gasteiger charge is -2.13. The summed E-state index contributed by atoms with van der Waals surface area (Å²) in [5.74, 6) is -0.111. The van der Waals surface area contributed by atoms with Crippen LogP contribution >= 0.6 is 23.4 Å². The molecule has 28 heavy (non-hydrogen) atoms. The average molecular weight is 412 g/mol. The van der Waals surface area contributed by atoms with Crippen molar-refractivity contribution in [2.45, 2.75) is 16.7 Å². The van der Waals surface area contributed by atoms with Crippen molar-refractivity contribution in [2.24, 2.45) is 4.99 Å². The number of hydrogen-bond acceptors (Lipinski definition) is 5. The number of thioether (sulfide) groups is 1. The molecule has 6 nitrogen and oxygen atoms in total. The number of carbonyl (C=O) groups excluding carboxylic acids is 1. The molecular weight excluding hydrogens is 394 g/mol. The smallest absolute Gasteiger partial charge is 0.271 e. The molecule has 4 rings (SSSR count). The summed E-state index contributed by atoms with van der Waals surface area (Å²) in [6.45, 7) is 0. The fourth-order valence-electron chi connectivity index (χ4n) is 2.91. The van der Waals surface area contributed by atoms with Gasteiger partial charge in [0.25, 0.3) is 5.91 Å². The number of benzene rings is 1. The number of pyridine rings is 1. The van der Waals surface area contributed by atoms with Gasteiger partial charge in [-0.25, -0.2) is 4.98 Å². The maximum atomic E-state index is 12.1. The zero-order valence-electron chi connectivity index (χ0n) is 15.4. The Bertz CT molecular complexity index is 1100. The third-order valence-corrected chi connectivity index (χ3v) is 5.75. The van der Waals surface area contributed by atoms with E-state index in [0.29, 0.717) is 10.7 Å². The Balaban J connectivity index is 1.62. The SMILES string of the molecule is CN(C)C(=O)c1ccc2cc(-c3[nH]ncc3SC3CC=C(Cl)C=N3)ccc2n1. The third kappa shape index (κ3) is 3.81. The van der Waals surface area contributed by atoms with Crippen molar-refractivity contribution in [1.29, 1.82) is 0 Å². The molecule has 1 aliphatic rings. The summed E-state index contributed by atoms with van der Waals surface area (Å²) in [6, 6.07) is 9.63. The molecule has 1 aliphatic heterocycles. The molecule has 0 bridgehead atoms. The van der Waals surface area contributed by atoms with Gasteiger partial charge in [0.2, 0.25) is 0 Å².